The predicted octanol–water partition coefficient (Wildman–Crippen LogP) is 6.11. The van der Waals surface area contributed by atoms with Crippen LogP contribution in [-0.2, 0) is 4.79 Å². The molecular weight excluding hydrogens is 385 g/mol. The fraction of sp³-hybridized carbons (Fsp3) is 0.0476. The first-order valence-electron chi connectivity index (χ1n) is 8.08. The Labute approximate surface area is 166 Å². The minimum absolute atomic E-state index is 0.164. The van der Waals surface area contributed by atoms with Crippen molar-refractivity contribution in [3.05, 3.63) is 82.0 Å². The van der Waals surface area contributed by atoms with Crippen LogP contribution in [0.25, 0.3) is 17.4 Å². The molecule has 1 heterocycles. The first-order chi connectivity index (χ1) is 12.9. The summed E-state index contributed by atoms with van der Waals surface area (Å²) in [6.07, 6.45) is 3.02. The molecule has 27 heavy (non-hydrogen) atoms. The Morgan fingerprint density at radius 3 is 2.44 bits per heavy atom. The van der Waals surface area contributed by atoms with Crippen LogP contribution in [0.3, 0.4) is 0 Å². The highest BCUT2D eigenvalue weighted by Gasteiger charge is 2.09. The van der Waals surface area contributed by atoms with E-state index >= 15 is 0 Å². The molecular formula is C21H15Cl2NO3. The van der Waals surface area contributed by atoms with Gasteiger partial charge in [-0.25, -0.2) is 0 Å². The quantitative estimate of drug-likeness (QED) is 0.415. The van der Waals surface area contributed by atoms with Gasteiger partial charge in [0, 0.05) is 28.8 Å². The lowest BCUT2D eigenvalue weighted by Gasteiger charge is -2.02. The molecule has 0 saturated carbocycles. The topological polar surface area (TPSA) is 59.3 Å². The van der Waals surface area contributed by atoms with Crippen molar-refractivity contribution >= 4 is 46.7 Å². The van der Waals surface area contributed by atoms with E-state index in [0.29, 0.717) is 38.4 Å². The zero-order valence-corrected chi connectivity index (χ0v) is 15.8. The van der Waals surface area contributed by atoms with E-state index in [1.54, 1.807) is 60.7 Å². The van der Waals surface area contributed by atoms with Gasteiger partial charge in [-0.1, -0.05) is 23.2 Å². The maximum Gasteiger partial charge on any atom is 0.221 e. The average Bonchev–Trinajstić information content (AvgIpc) is 3.10. The third-order valence-electron chi connectivity index (χ3n) is 3.71. The highest BCUT2D eigenvalue weighted by Crippen LogP contribution is 2.32. The van der Waals surface area contributed by atoms with Crippen LogP contribution in [0, 0.1) is 0 Å². The molecule has 1 aromatic heterocycles. The Bertz CT molecular complexity index is 1020. The summed E-state index contributed by atoms with van der Waals surface area (Å²) in [4.78, 5) is 23.3. The van der Waals surface area contributed by atoms with Gasteiger partial charge in [0.25, 0.3) is 0 Å². The van der Waals surface area contributed by atoms with Gasteiger partial charge in [-0.3, -0.25) is 9.59 Å². The summed E-state index contributed by atoms with van der Waals surface area (Å²) >= 11 is 12.2. The number of anilines is 1. The Kier molecular flexibility index (Phi) is 5.79. The minimum Gasteiger partial charge on any atom is -0.457 e. The molecule has 136 valence electrons. The first kappa shape index (κ1) is 19.0. The second kappa shape index (κ2) is 8.25. The molecule has 0 spiro atoms. The lowest BCUT2D eigenvalue weighted by Crippen LogP contribution is -2.05. The van der Waals surface area contributed by atoms with Gasteiger partial charge in [0.15, 0.2) is 5.78 Å². The zero-order chi connectivity index (χ0) is 19.4. The molecule has 0 atom stereocenters. The van der Waals surface area contributed by atoms with Crippen LogP contribution in [0.4, 0.5) is 5.69 Å². The van der Waals surface area contributed by atoms with E-state index in [1.165, 1.54) is 13.0 Å². The van der Waals surface area contributed by atoms with E-state index in [0.717, 1.165) is 0 Å². The van der Waals surface area contributed by atoms with Crippen molar-refractivity contribution in [1.82, 2.24) is 0 Å². The van der Waals surface area contributed by atoms with Crippen LogP contribution in [0.1, 0.15) is 23.0 Å². The van der Waals surface area contributed by atoms with Crippen LogP contribution < -0.4 is 5.32 Å². The molecule has 0 aliphatic carbocycles. The van der Waals surface area contributed by atoms with Gasteiger partial charge in [-0.05, 0) is 66.7 Å². The predicted molar refractivity (Wildman–Crippen MR) is 108 cm³/mol. The summed E-state index contributed by atoms with van der Waals surface area (Å²) in [5, 5.41) is 3.74. The number of amides is 1. The third kappa shape index (κ3) is 4.88. The normalized spacial score (nSPS) is 10.9. The highest BCUT2D eigenvalue weighted by molar-refractivity contribution is 6.35. The maximum absolute atomic E-state index is 12.3. The second-order valence-corrected chi connectivity index (χ2v) is 6.63. The molecule has 0 radical (unpaired) electrons. The number of furan rings is 1. The maximum atomic E-state index is 12.3. The lowest BCUT2D eigenvalue weighted by atomic mass is 10.1. The van der Waals surface area contributed by atoms with Gasteiger partial charge >= 0.3 is 0 Å². The number of halogens is 2. The van der Waals surface area contributed by atoms with E-state index in [2.05, 4.69) is 5.32 Å². The molecule has 6 heteroatoms. The number of hydrogen-bond acceptors (Lipinski definition) is 3. The number of rotatable bonds is 5. The summed E-state index contributed by atoms with van der Waals surface area (Å²) in [5.41, 5.74) is 1.82. The summed E-state index contributed by atoms with van der Waals surface area (Å²) in [5.74, 6) is 0.740. The summed E-state index contributed by atoms with van der Waals surface area (Å²) in [6, 6.07) is 15.3. The van der Waals surface area contributed by atoms with Gasteiger partial charge in [0.2, 0.25) is 5.91 Å². The van der Waals surface area contributed by atoms with Crippen LogP contribution in [0.2, 0.25) is 10.0 Å². The van der Waals surface area contributed by atoms with Crippen molar-refractivity contribution in [2.24, 2.45) is 0 Å². The van der Waals surface area contributed by atoms with Crippen molar-refractivity contribution in [1.29, 1.82) is 0 Å². The molecule has 0 aliphatic heterocycles. The van der Waals surface area contributed by atoms with Crippen LogP contribution >= 0.6 is 23.2 Å². The largest absolute Gasteiger partial charge is 0.457 e. The molecule has 3 aromatic rings. The number of ketones is 1. The van der Waals surface area contributed by atoms with Crippen molar-refractivity contribution in [3.63, 3.8) is 0 Å². The van der Waals surface area contributed by atoms with E-state index in [1.807, 2.05) is 0 Å². The number of allylic oxidation sites excluding steroid dienone is 1. The van der Waals surface area contributed by atoms with Crippen molar-refractivity contribution in [3.8, 4) is 11.3 Å². The average molecular weight is 400 g/mol. The number of benzene rings is 2. The van der Waals surface area contributed by atoms with E-state index in [4.69, 9.17) is 27.6 Å². The SMILES string of the molecule is CC(=O)Nc1ccc(C(=O)/C=C/c2ccc(-c3cc(Cl)ccc3Cl)o2)cc1. The van der Waals surface area contributed by atoms with E-state index in [-0.39, 0.29) is 11.7 Å². The summed E-state index contributed by atoms with van der Waals surface area (Å²) in [7, 11) is 0. The third-order valence-corrected chi connectivity index (χ3v) is 4.27. The molecule has 1 N–H and O–H groups in total. The van der Waals surface area contributed by atoms with Gasteiger partial charge < -0.3 is 9.73 Å². The Hall–Kier alpha value is -2.82. The monoisotopic (exact) mass is 399 g/mol. The molecule has 0 bridgehead atoms. The summed E-state index contributed by atoms with van der Waals surface area (Å²) in [6.45, 7) is 1.43. The van der Waals surface area contributed by atoms with Crippen molar-refractivity contribution in [2.45, 2.75) is 6.92 Å². The van der Waals surface area contributed by atoms with Gasteiger partial charge in [-0.2, -0.15) is 0 Å². The molecule has 0 saturated heterocycles. The molecule has 0 unspecified atom stereocenters. The standard InChI is InChI=1S/C21H15Cl2NO3/c1-13(25)24-16-5-2-14(3-6-16)20(26)10-7-17-8-11-21(27-17)18-12-15(22)4-9-19(18)23/h2-12H,1H3,(H,24,25)/b10-7+. The van der Waals surface area contributed by atoms with Gasteiger partial charge in [0.05, 0.1) is 5.02 Å². The lowest BCUT2D eigenvalue weighted by molar-refractivity contribution is -0.114. The van der Waals surface area contributed by atoms with Crippen molar-refractivity contribution < 1.29 is 14.0 Å². The number of hydrogen-bond donors (Lipinski definition) is 1. The molecule has 0 aliphatic rings. The number of nitrogens with one attached hydrogen (secondary N) is 1. The van der Waals surface area contributed by atoms with Gasteiger partial charge in [-0.15, -0.1) is 0 Å². The molecule has 4 nitrogen and oxygen atoms in total. The highest BCUT2D eigenvalue weighted by atomic mass is 35.5. The van der Waals surface area contributed by atoms with E-state index < -0.39 is 0 Å². The van der Waals surface area contributed by atoms with Crippen LogP contribution in [0.15, 0.2) is 65.1 Å². The Morgan fingerprint density at radius 1 is 1.00 bits per heavy atom. The fourth-order valence-corrected chi connectivity index (χ4v) is 2.83. The second-order valence-electron chi connectivity index (χ2n) is 5.78. The Morgan fingerprint density at radius 2 is 1.74 bits per heavy atom. The Balaban J connectivity index is 1.73. The van der Waals surface area contributed by atoms with Crippen molar-refractivity contribution in [2.75, 3.05) is 5.32 Å². The minimum atomic E-state index is -0.178. The van der Waals surface area contributed by atoms with Gasteiger partial charge in [0.1, 0.15) is 11.5 Å². The zero-order valence-electron chi connectivity index (χ0n) is 14.3. The van der Waals surface area contributed by atoms with Crippen LogP contribution in [-0.4, -0.2) is 11.7 Å². The fourth-order valence-electron chi connectivity index (χ4n) is 2.45. The molecule has 1 amide bonds. The first-order valence-corrected chi connectivity index (χ1v) is 8.83. The number of carbonyl (C=O) groups excluding carboxylic acids is 2. The molecule has 2 aromatic carbocycles. The summed E-state index contributed by atoms with van der Waals surface area (Å²) < 4.78 is 5.73. The number of carbonyl (C=O) groups is 2. The molecule has 3 rings (SSSR count). The van der Waals surface area contributed by atoms with E-state index in [9.17, 15) is 9.59 Å². The smallest absolute Gasteiger partial charge is 0.221 e. The molecule has 0 fully saturated rings. The van der Waals surface area contributed by atoms with Crippen LogP contribution in [0.5, 0.6) is 0 Å².